The second-order valence-electron chi connectivity index (χ2n) is 11.8. The molecule has 0 radical (unpaired) electrons. The summed E-state index contributed by atoms with van der Waals surface area (Å²) in [5.41, 5.74) is 11.4. The molecule has 3 N–H and O–H groups in total. The molecule has 2 unspecified atom stereocenters. The van der Waals surface area contributed by atoms with Gasteiger partial charge in [0.15, 0.2) is 0 Å². The first-order chi connectivity index (χ1) is 20.2. The summed E-state index contributed by atoms with van der Waals surface area (Å²) in [6.45, 7) is 8.93. The standard InChI is InChI=1S/C33H43ClN6O2/c1-22-20-30(34)37-24(3)31(22)32(41)36-17-14-23(2)38-18-15-26(16-19-38)40-29(25-10-6-4-7-11-25)21-39(33(40)42)28-13-9-5-8-12-27(28)35/h4,6-7,9-11,13,20,23,26,29H,5,8,12,14-19,21,35H2,1-3H3,(H,36,41). The number of piperidine rings is 1. The Morgan fingerprint density at radius 3 is 2.64 bits per heavy atom. The van der Waals surface area contributed by atoms with Crippen molar-refractivity contribution in [2.45, 2.75) is 77.4 Å². The number of nitrogens with one attached hydrogen (secondary N) is 1. The van der Waals surface area contributed by atoms with Crippen molar-refractivity contribution in [1.82, 2.24) is 25.0 Å². The lowest BCUT2D eigenvalue weighted by Gasteiger charge is -2.41. The van der Waals surface area contributed by atoms with Gasteiger partial charge >= 0.3 is 6.03 Å². The molecule has 42 heavy (non-hydrogen) atoms. The number of likely N-dealkylation sites (tertiary alicyclic amines) is 1. The fourth-order valence-electron chi connectivity index (χ4n) is 6.67. The van der Waals surface area contributed by atoms with E-state index in [0.29, 0.717) is 35.5 Å². The van der Waals surface area contributed by atoms with Crippen molar-refractivity contribution in [2.24, 2.45) is 5.73 Å². The van der Waals surface area contributed by atoms with Crippen LogP contribution in [0.1, 0.15) is 78.7 Å². The third kappa shape index (κ3) is 6.50. The molecule has 3 amide bonds. The SMILES string of the molecule is Cc1cc(Cl)nc(C)c1C(=O)NCCC(C)N1CCC(N2C(=O)N(C3=C(N)CCCC=C3)CC2c2ccccc2)CC1. The molecule has 2 aliphatic heterocycles. The lowest BCUT2D eigenvalue weighted by Crippen LogP contribution is -2.49. The van der Waals surface area contributed by atoms with E-state index in [2.05, 4.69) is 57.4 Å². The Kier molecular flexibility index (Phi) is 9.53. The van der Waals surface area contributed by atoms with Crippen LogP contribution in [-0.4, -0.2) is 69.9 Å². The molecule has 2 atom stereocenters. The molecular weight excluding hydrogens is 548 g/mol. The number of halogens is 1. The van der Waals surface area contributed by atoms with Crippen molar-refractivity contribution < 1.29 is 9.59 Å². The first-order valence-electron chi connectivity index (χ1n) is 15.2. The Labute approximate surface area is 254 Å². The predicted octanol–water partition coefficient (Wildman–Crippen LogP) is 5.71. The molecule has 0 bridgehead atoms. The number of rotatable bonds is 8. The topological polar surface area (TPSA) is 94.8 Å². The Bertz CT molecular complexity index is 1330. The van der Waals surface area contributed by atoms with Crippen LogP contribution in [0.4, 0.5) is 4.79 Å². The number of aromatic nitrogens is 1. The second-order valence-corrected chi connectivity index (χ2v) is 12.2. The fourth-order valence-corrected chi connectivity index (χ4v) is 6.96. The van der Waals surface area contributed by atoms with Gasteiger partial charge in [0, 0.05) is 37.4 Å². The molecule has 1 aromatic carbocycles. The number of aryl methyl sites for hydroxylation is 2. The Hall–Kier alpha value is -3.36. The van der Waals surface area contributed by atoms with Crippen LogP contribution in [0, 0.1) is 13.8 Å². The summed E-state index contributed by atoms with van der Waals surface area (Å²) in [5.74, 6) is -0.108. The van der Waals surface area contributed by atoms with Crippen molar-refractivity contribution in [1.29, 1.82) is 0 Å². The molecule has 224 valence electrons. The largest absolute Gasteiger partial charge is 0.400 e. The maximum Gasteiger partial charge on any atom is 0.325 e. The molecule has 2 aromatic rings. The van der Waals surface area contributed by atoms with Gasteiger partial charge in [0.25, 0.3) is 5.91 Å². The number of carbonyl (C=O) groups is 2. The minimum Gasteiger partial charge on any atom is -0.400 e. The van der Waals surface area contributed by atoms with Gasteiger partial charge in [-0.3, -0.25) is 9.69 Å². The van der Waals surface area contributed by atoms with Gasteiger partial charge in [0.05, 0.1) is 29.5 Å². The van der Waals surface area contributed by atoms with E-state index in [4.69, 9.17) is 17.3 Å². The van der Waals surface area contributed by atoms with Gasteiger partial charge in [-0.15, -0.1) is 0 Å². The molecule has 3 aliphatic rings. The number of carbonyl (C=O) groups excluding carboxylic acids is 2. The van der Waals surface area contributed by atoms with Gasteiger partial charge in [-0.25, -0.2) is 9.78 Å². The summed E-state index contributed by atoms with van der Waals surface area (Å²) in [5, 5.41) is 3.47. The summed E-state index contributed by atoms with van der Waals surface area (Å²) >= 11 is 6.03. The quantitative estimate of drug-likeness (QED) is 0.384. The van der Waals surface area contributed by atoms with E-state index in [1.54, 1.807) is 6.07 Å². The molecule has 0 saturated carbocycles. The number of amides is 3. The number of allylic oxidation sites excluding steroid dienone is 3. The smallest absolute Gasteiger partial charge is 0.325 e. The summed E-state index contributed by atoms with van der Waals surface area (Å²) in [7, 11) is 0. The third-order valence-electron chi connectivity index (χ3n) is 9.00. The molecule has 0 spiro atoms. The van der Waals surface area contributed by atoms with Crippen LogP contribution < -0.4 is 11.1 Å². The van der Waals surface area contributed by atoms with Gasteiger partial charge in [0.1, 0.15) is 5.15 Å². The van der Waals surface area contributed by atoms with E-state index in [1.165, 1.54) is 0 Å². The molecule has 2 fully saturated rings. The highest BCUT2D eigenvalue weighted by Gasteiger charge is 2.44. The molecule has 8 nitrogen and oxygen atoms in total. The van der Waals surface area contributed by atoms with Crippen LogP contribution in [-0.2, 0) is 0 Å². The number of nitrogens with two attached hydrogens (primary N) is 1. The van der Waals surface area contributed by atoms with Crippen LogP contribution >= 0.6 is 11.6 Å². The maximum atomic E-state index is 14.0. The summed E-state index contributed by atoms with van der Waals surface area (Å²) in [6.07, 6.45) is 9.67. The first-order valence-corrected chi connectivity index (χ1v) is 15.6. The van der Waals surface area contributed by atoms with E-state index in [1.807, 2.05) is 30.9 Å². The zero-order valence-electron chi connectivity index (χ0n) is 25.0. The Morgan fingerprint density at radius 2 is 1.93 bits per heavy atom. The molecule has 2 saturated heterocycles. The number of nitrogens with zero attached hydrogens (tertiary/aromatic N) is 4. The summed E-state index contributed by atoms with van der Waals surface area (Å²) < 4.78 is 0. The zero-order valence-corrected chi connectivity index (χ0v) is 25.7. The van der Waals surface area contributed by atoms with Gasteiger partial charge in [-0.05, 0) is 82.6 Å². The van der Waals surface area contributed by atoms with Crippen molar-refractivity contribution >= 4 is 23.5 Å². The van der Waals surface area contributed by atoms with E-state index in [-0.39, 0.29) is 24.0 Å². The molecule has 1 aliphatic carbocycles. The molecule has 5 rings (SSSR count). The summed E-state index contributed by atoms with van der Waals surface area (Å²) in [4.78, 5) is 37.6. The van der Waals surface area contributed by atoms with E-state index < -0.39 is 0 Å². The van der Waals surface area contributed by atoms with Crippen LogP contribution in [0.25, 0.3) is 0 Å². The number of pyridine rings is 1. The first kappa shape index (κ1) is 30.1. The number of urea groups is 1. The average molecular weight is 591 g/mol. The number of hydrogen-bond acceptors (Lipinski definition) is 5. The lowest BCUT2D eigenvalue weighted by atomic mass is 9.98. The monoisotopic (exact) mass is 590 g/mol. The summed E-state index contributed by atoms with van der Waals surface area (Å²) in [6, 6.07) is 12.6. The normalized spacial score (nSPS) is 21.1. The molecular formula is C33H43ClN6O2. The van der Waals surface area contributed by atoms with E-state index in [0.717, 1.165) is 74.1 Å². The van der Waals surface area contributed by atoms with Crippen LogP contribution in [0.3, 0.4) is 0 Å². The number of benzene rings is 1. The third-order valence-corrected chi connectivity index (χ3v) is 9.19. The number of hydrogen-bond donors (Lipinski definition) is 2. The van der Waals surface area contributed by atoms with Crippen LogP contribution in [0.15, 0.2) is 59.9 Å². The fraction of sp³-hybridized carbons (Fsp3) is 0.485. The Balaban J connectivity index is 1.20. The van der Waals surface area contributed by atoms with Gasteiger partial charge < -0.3 is 20.9 Å². The highest BCUT2D eigenvalue weighted by atomic mass is 35.5. The van der Waals surface area contributed by atoms with Crippen molar-refractivity contribution in [3.05, 3.63) is 87.5 Å². The highest BCUT2D eigenvalue weighted by molar-refractivity contribution is 6.29. The zero-order chi connectivity index (χ0) is 29.8. The minimum absolute atomic E-state index is 0.00545. The van der Waals surface area contributed by atoms with Crippen molar-refractivity contribution in [3.8, 4) is 0 Å². The average Bonchev–Trinajstić information content (AvgIpc) is 3.16. The molecule has 1 aromatic heterocycles. The predicted molar refractivity (Wildman–Crippen MR) is 167 cm³/mol. The highest BCUT2D eigenvalue weighted by Crippen LogP contribution is 2.37. The van der Waals surface area contributed by atoms with Gasteiger partial charge in [-0.2, -0.15) is 0 Å². The van der Waals surface area contributed by atoms with Crippen LogP contribution in [0.5, 0.6) is 0 Å². The molecule has 9 heteroatoms. The molecule has 3 heterocycles. The minimum atomic E-state index is -0.108. The Morgan fingerprint density at radius 1 is 1.19 bits per heavy atom. The van der Waals surface area contributed by atoms with E-state index in [9.17, 15) is 9.59 Å². The second kappa shape index (κ2) is 13.3. The van der Waals surface area contributed by atoms with Gasteiger partial charge in [0.2, 0.25) is 0 Å². The van der Waals surface area contributed by atoms with Crippen molar-refractivity contribution in [3.63, 3.8) is 0 Å². The maximum absolute atomic E-state index is 14.0. The van der Waals surface area contributed by atoms with Crippen molar-refractivity contribution in [2.75, 3.05) is 26.2 Å². The van der Waals surface area contributed by atoms with Crippen LogP contribution in [0.2, 0.25) is 5.15 Å². The van der Waals surface area contributed by atoms with E-state index >= 15 is 0 Å². The van der Waals surface area contributed by atoms with Gasteiger partial charge in [-0.1, -0.05) is 48.0 Å². The lowest BCUT2D eigenvalue weighted by molar-refractivity contribution is 0.0889.